The number of rotatable bonds is 4. The van der Waals surface area contributed by atoms with E-state index in [9.17, 15) is 4.79 Å². The highest BCUT2D eigenvalue weighted by atomic mass is 32.1. The molecule has 3 heterocycles. The molecular formula is C20H15N3O3S. The summed E-state index contributed by atoms with van der Waals surface area (Å²) >= 11 is 1.52. The number of imidazole rings is 1. The van der Waals surface area contributed by atoms with Crippen molar-refractivity contribution in [1.29, 1.82) is 0 Å². The number of ether oxygens (including phenoxy) is 2. The molecule has 0 bridgehead atoms. The Morgan fingerprint density at radius 2 is 2.11 bits per heavy atom. The maximum Gasteiger partial charge on any atom is 0.341 e. The highest BCUT2D eigenvalue weighted by Gasteiger charge is 2.29. The van der Waals surface area contributed by atoms with Crippen LogP contribution in [0.1, 0.15) is 22.8 Å². The van der Waals surface area contributed by atoms with E-state index in [0.717, 1.165) is 32.4 Å². The van der Waals surface area contributed by atoms with Crippen molar-refractivity contribution >= 4 is 22.3 Å². The van der Waals surface area contributed by atoms with E-state index in [2.05, 4.69) is 10.1 Å². The summed E-state index contributed by atoms with van der Waals surface area (Å²) in [6, 6.07) is 13.7. The van der Waals surface area contributed by atoms with Crippen LogP contribution in [0.5, 0.6) is 5.75 Å². The van der Waals surface area contributed by atoms with Gasteiger partial charge in [0.05, 0.1) is 18.5 Å². The normalized spacial score (nSPS) is 12.3. The lowest BCUT2D eigenvalue weighted by atomic mass is 9.99. The van der Waals surface area contributed by atoms with Gasteiger partial charge in [-0.05, 0) is 13.0 Å². The standard InChI is InChI=1S/C20H15N3O3S/c1-2-25-19(24)14-9-8-13(15-11-26-17(14)15)18-22-23-10-16(21-20(23)27-18)12-6-4-3-5-7-12/h3-10H,2,11H2,1H3. The summed E-state index contributed by atoms with van der Waals surface area (Å²) in [5.41, 5.74) is 4.39. The fourth-order valence-corrected chi connectivity index (χ4v) is 4.06. The Labute approximate surface area is 159 Å². The number of nitrogens with zero attached hydrogens (tertiary/aromatic N) is 3. The number of benzene rings is 2. The first-order valence-corrected chi connectivity index (χ1v) is 9.44. The predicted molar refractivity (Wildman–Crippen MR) is 102 cm³/mol. The average Bonchev–Trinajstić information content (AvgIpc) is 3.22. The van der Waals surface area contributed by atoms with E-state index in [1.165, 1.54) is 11.3 Å². The van der Waals surface area contributed by atoms with Crippen molar-refractivity contribution in [2.75, 3.05) is 6.61 Å². The van der Waals surface area contributed by atoms with E-state index in [1.807, 2.05) is 42.6 Å². The quantitative estimate of drug-likeness (QED) is 0.499. The number of hydrogen-bond acceptors (Lipinski definition) is 6. The highest BCUT2D eigenvalue weighted by Crippen LogP contribution is 2.42. The molecule has 0 N–H and O–H groups in total. The van der Waals surface area contributed by atoms with Crippen molar-refractivity contribution in [3.63, 3.8) is 0 Å². The Bertz CT molecular complexity index is 1130. The molecule has 0 saturated heterocycles. The number of esters is 1. The molecular weight excluding hydrogens is 362 g/mol. The van der Waals surface area contributed by atoms with E-state index in [1.54, 1.807) is 17.5 Å². The van der Waals surface area contributed by atoms with Gasteiger partial charge in [0.1, 0.15) is 22.9 Å². The number of hydrogen-bond donors (Lipinski definition) is 0. The minimum absolute atomic E-state index is 0.336. The predicted octanol–water partition coefficient (Wildman–Crippen LogP) is 4.19. The molecule has 0 spiro atoms. The molecule has 4 aromatic rings. The molecule has 2 aromatic heterocycles. The van der Waals surface area contributed by atoms with Crippen LogP contribution in [0.3, 0.4) is 0 Å². The molecule has 1 aliphatic heterocycles. The molecule has 6 nitrogen and oxygen atoms in total. The van der Waals surface area contributed by atoms with E-state index in [0.29, 0.717) is 24.5 Å². The SMILES string of the molecule is CCOC(=O)c1ccc(-c2nn3cc(-c4ccccc4)nc3s2)c2c1OC2. The van der Waals surface area contributed by atoms with Crippen molar-refractivity contribution in [2.45, 2.75) is 13.5 Å². The Kier molecular flexibility index (Phi) is 3.68. The van der Waals surface area contributed by atoms with Crippen LogP contribution in [0.25, 0.3) is 26.8 Å². The Hall–Kier alpha value is -3.19. The fraction of sp³-hybridized carbons (Fsp3) is 0.150. The maximum absolute atomic E-state index is 12.0. The zero-order chi connectivity index (χ0) is 18.4. The number of fused-ring (bicyclic) bond motifs is 2. The second-order valence-electron chi connectivity index (χ2n) is 6.10. The van der Waals surface area contributed by atoms with Gasteiger partial charge in [-0.25, -0.2) is 14.3 Å². The van der Waals surface area contributed by atoms with Crippen LogP contribution >= 0.6 is 11.3 Å². The van der Waals surface area contributed by atoms with Crippen LogP contribution in [0.2, 0.25) is 0 Å². The Balaban J connectivity index is 1.52. The van der Waals surface area contributed by atoms with Crippen LogP contribution in [0.4, 0.5) is 0 Å². The lowest BCUT2D eigenvalue weighted by Crippen LogP contribution is -2.17. The molecule has 0 amide bonds. The molecule has 1 aliphatic rings. The van der Waals surface area contributed by atoms with Gasteiger partial charge < -0.3 is 9.47 Å². The lowest BCUT2D eigenvalue weighted by Gasteiger charge is -2.25. The molecule has 2 aromatic carbocycles. The zero-order valence-electron chi connectivity index (χ0n) is 14.5. The Morgan fingerprint density at radius 3 is 2.81 bits per heavy atom. The van der Waals surface area contributed by atoms with Gasteiger partial charge in [-0.2, -0.15) is 5.10 Å². The third-order valence-electron chi connectivity index (χ3n) is 4.46. The average molecular weight is 377 g/mol. The highest BCUT2D eigenvalue weighted by molar-refractivity contribution is 7.19. The Morgan fingerprint density at radius 1 is 1.26 bits per heavy atom. The molecule has 134 valence electrons. The molecule has 0 saturated carbocycles. The monoisotopic (exact) mass is 377 g/mol. The van der Waals surface area contributed by atoms with Crippen LogP contribution < -0.4 is 4.74 Å². The smallest absolute Gasteiger partial charge is 0.341 e. The van der Waals surface area contributed by atoms with Crippen molar-refractivity contribution < 1.29 is 14.3 Å². The molecule has 0 fully saturated rings. The summed E-state index contributed by atoms with van der Waals surface area (Å²) < 4.78 is 12.4. The summed E-state index contributed by atoms with van der Waals surface area (Å²) in [5, 5.41) is 5.53. The third kappa shape index (κ3) is 2.59. The first kappa shape index (κ1) is 16.0. The molecule has 7 heteroatoms. The van der Waals surface area contributed by atoms with Crippen LogP contribution in [0, 0.1) is 0 Å². The van der Waals surface area contributed by atoms with Crippen LogP contribution in [-0.4, -0.2) is 27.2 Å². The molecule has 0 unspecified atom stereocenters. The van der Waals surface area contributed by atoms with Gasteiger partial charge in [0.15, 0.2) is 0 Å². The van der Waals surface area contributed by atoms with Gasteiger partial charge >= 0.3 is 5.97 Å². The van der Waals surface area contributed by atoms with Gasteiger partial charge in [-0.1, -0.05) is 47.7 Å². The zero-order valence-corrected chi connectivity index (χ0v) is 15.3. The largest absolute Gasteiger partial charge is 0.487 e. The van der Waals surface area contributed by atoms with Gasteiger partial charge in [0.2, 0.25) is 4.96 Å². The van der Waals surface area contributed by atoms with Gasteiger partial charge in [0.25, 0.3) is 0 Å². The fourth-order valence-electron chi connectivity index (χ4n) is 3.13. The first-order chi connectivity index (χ1) is 13.2. The van der Waals surface area contributed by atoms with E-state index in [-0.39, 0.29) is 5.97 Å². The van der Waals surface area contributed by atoms with Crippen LogP contribution in [-0.2, 0) is 11.3 Å². The molecule has 5 rings (SSSR count). The van der Waals surface area contributed by atoms with Crippen LogP contribution in [0.15, 0.2) is 48.7 Å². The molecule has 0 aliphatic carbocycles. The lowest BCUT2D eigenvalue weighted by molar-refractivity contribution is 0.0517. The second kappa shape index (κ2) is 6.21. The van der Waals surface area contributed by atoms with Gasteiger partial charge in [0, 0.05) is 16.7 Å². The van der Waals surface area contributed by atoms with E-state index in [4.69, 9.17) is 9.47 Å². The van der Waals surface area contributed by atoms with Gasteiger partial charge in [-0.15, -0.1) is 0 Å². The van der Waals surface area contributed by atoms with Gasteiger partial charge in [-0.3, -0.25) is 0 Å². The van der Waals surface area contributed by atoms with Crippen molar-refractivity contribution in [3.8, 4) is 27.6 Å². The van der Waals surface area contributed by atoms with Crippen molar-refractivity contribution in [1.82, 2.24) is 14.6 Å². The van der Waals surface area contributed by atoms with E-state index < -0.39 is 0 Å². The number of aromatic nitrogens is 3. The summed E-state index contributed by atoms with van der Waals surface area (Å²) in [5.74, 6) is 0.241. The summed E-state index contributed by atoms with van der Waals surface area (Å²) in [6.45, 7) is 2.59. The van der Waals surface area contributed by atoms with E-state index >= 15 is 0 Å². The maximum atomic E-state index is 12.0. The molecule has 0 atom stereocenters. The minimum atomic E-state index is -0.360. The third-order valence-corrected chi connectivity index (χ3v) is 5.42. The number of carbonyl (C=O) groups is 1. The van der Waals surface area contributed by atoms with Crippen molar-refractivity contribution in [3.05, 3.63) is 59.8 Å². The summed E-state index contributed by atoms with van der Waals surface area (Å²) in [4.78, 5) is 17.6. The summed E-state index contributed by atoms with van der Waals surface area (Å²) in [7, 11) is 0. The molecule has 0 radical (unpaired) electrons. The summed E-state index contributed by atoms with van der Waals surface area (Å²) in [6.07, 6.45) is 1.93. The number of carbonyl (C=O) groups excluding carboxylic acids is 1. The molecule has 27 heavy (non-hydrogen) atoms. The minimum Gasteiger partial charge on any atom is -0.487 e. The topological polar surface area (TPSA) is 65.7 Å². The van der Waals surface area contributed by atoms with Crippen molar-refractivity contribution in [2.24, 2.45) is 0 Å². The second-order valence-corrected chi connectivity index (χ2v) is 7.06. The first-order valence-electron chi connectivity index (χ1n) is 8.62.